The number of carbonyl (C=O) groups is 1. The minimum Gasteiger partial charge on any atom is -0.463 e. The van der Waals surface area contributed by atoms with E-state index in [1.54, 1.807) is 13.8 Å². The molecule has 1 heterocycles. The molecule has 1 aliphatic heterocycles. The Bertz CT molecular complexity index is 407. The van der Waals surface area contributed by atoms with Crippen LogP contribution in [-0.2, 0) is 14.3 Å². The summed E-state index contributed by atoms with van der Waals surface area (Å²) in [6.45, 7) is 4.65. The Balaban J connectivity index is 2.54. The number of carbonyl (C=O) groups excluding carboxylic acids is 1. The average Bonchev–Trinajstić information content (AvgIpc) is 2.46. The van der Waals surface area contributed by atoms with Gasteiger partial charge in [-0.05, 0) is 26.7 Å². The van der Waals surface area contributed by atoms with E-state index in [0.29, 0.717) is 32.6 Å². The zero-order valence-electron chi connectivity index (χ0n) is 13.3. The van der Waals surface area contributed by atoms with Crippen molar-refractivity contribution < 1.29 is 24.5 Å². The minimum absolute atomic E-state index is 0.150. The van der Waals surface area contributed by atoms with Crippen LogP contribution >= 0.6 is 0 Å². The quantitative estimate of drug-likeness (QED) is 0.360. The average molecular weight is 313 g/mol. The van der Waals surface area contributed by atoms with Crippen LogP contribution in [-0.4, -0.2) is 54.3 Å². The molecule has 0 aromatic heterocycles. The van der Waals surface area contributed by atoms with Gasteiger partial charge in [-0.3, -0.25) is 0 Å². The number of hydrogen-bond acceptors (Lipinski definition) is 6. The van der Waals surface area contributed by atoms with Gasteiger partial charge in [0, 0.05) is 18.5 Å². The Hall–Kier alpha value is -1.21. The maximum absolute atomic E-state index is 11.4. The predicted molar refractivity (Wildman–Crippen MR) is 83.1 cm³/mol. The van der Waals surface area contributed by atoms with E-state index in [1.165, 1.54) is 6.08 Å². The van der Waals surface area contributed by atoms with Gasteiger partial charge in [0.1, 0.15) is 6.10 Å². The molecule has 1 rings (SSSR count). The van der Waals surface area contributed by atoms with Crippen molar-refractivity contribution in [1.82, 2.24) is 0 Å². The van der Waals surface area contributed by atoms with Crippen LogP contribution in [0.1, 0.15) is 26.7 Å². The van der Waals surface area contributed by atoms with Gasteiger partial charge in [-0.1, -0.05) is 17.7 Å². The molecule has 22 heavy (non-hydrogen) atoms. The first-order chi connectivity index (χ1) is 10.5. The van der Waals surface area contributed by atoms with E-state index in [0.717, 1.165) is 5.57 Å². The van der Waals surface area contributed by atoms with Crippen molar-refractivity contribution >= 4 is 5.97 Å². The number of hydrogen-bond donors (Lipinski definition) is 3. The molecular formula is C16H27NO5. The third-order valence-corrected chi connectivity index (χ3v) is 3.65. The smallest absolute Gasteiger partial charge is 0.330 e. The van der Waals surface area contributed by atoms with Gasteiger partial charge in [0.05, 0.1) is 25.4 Å². The van der Waals surface area contributed by atoms with Crippen LogP contribution in [0.3, 0.4) is 0 Å². The monoisotopic (exact) mass is 313 g/mol. The van der Waals surface area contributed by atoms with E-state index >= 15 is 0 Å². The number of rotatable bonds is 7. The summed E-state index contributed by atoms with van der Waals surface area (Å²) < 4.78 is 10.5. The van der Waals surface area contributed by atoms with Gasteiger partial charge in [0.15, 0.2) is 0 Å². The highest BCUT2D eigenvalue weighted by Crippen LogP contribution is 2.26. The molecule has 6 nitrogen and oxygen atoms in total. The van der Waals surface area contributed by atoms with Crippen molar-refractivity contribution in [3.63, 3.8) is 0 Å². The molecule has 0 unspecified atom stereocenters. The fraction of sp³-hybridized carbons (Fsp3) is 0.688. The van der Waals surface area contributed by atoms with E-state index in [9.17, 15) is 15.0 Å². The van der Waals surface area contributed by atoms with E-state index < -0.39 is 24.3 Å². The number of esters is 1. The van der Waals surface area contributed by atoms with Crippen molar-refractivity contribution in [1.29, 1.82) is 0 Å². The predicted octanol–water partition coefficient (Wildman–Crippen LogP) is 0.528. The number of nitrogens with two attached hydrogens (primary N) is 1. The van der Waals surface area contributed by atoms with Gasteiger partial charge < -0.3 is 25.4 Å². The first kappa shape index (κ1) is 18.8. The molecule has 4 N–H and O–H groups in total. The SMILES string of the molecule is CCOC(=O)/C=C(\C)C[C@@H]1OC[C@H](C/C=C/CN)[C@@H](O)[C@H]1O. The standard InChI is InChI=1S/C16H27NO5/c1-3-21-14(18)9-11(2)8-13-16(20)15(19)12(10-22-13)6-4-5-7-17/h4-5,9,12-13,15-16,19-20H,3,6-8,10,17H2,1-2H3/b5-4+,11-9+/t12-,13-,15+,16-/m0/s1. The Morgan fingerprint density at radius 2 is 2.09 bits per heavy atom. The lowest BCUT2D eigenvalue weighted by molar-refractivity contribution is -0.162. The van der Waals surface area contributed by atoms with Crippen molar-refractivity contribution in [2.24, 2.45) is 11.7 Å². The Labute approximate surface area is 131 Å². The van der Waals surface area contributed by atoms with Gasteiger partial charge >= 0.3 is 5.97 Å². The number of aliphatic hydroxyl groups excluding tert-OH is 2. The molecule has 0 aromatic rings. The molecule has 1 fully saturated rings. The first-order valence-electron chi connectivity index (χ1n) is 7.66. The van der Waals surface area contributed by atoms with Crippen molar-refractivity contribution in [3.8, 4) is 0 Å². The largest absolute Gasteiger partial charge is 0.463 e. The maximum Gasteiger partial charge on any atom is 0.330 e. The van der Waals surface area contributed by atoms with Crippen LogP contribution in [0, 0.1) is 5.92 Å². The van der Waals surface area contributed by atoms with Gasteiger partial charge in [0.25, 0.3) is 0 Å². The second-order valence-corrected chi connectivity index (χ2v) is 5.50. The van der Waals surface area contributed by atoms with Crippen molar-refractivity contribution in [2.45, 2.75) is 45.0 Å². The van der Waals surface area contributed by atoms with E-state index in [2.05, 4.69) is 0 Å². The number of allylic oxidation sites excluding steroid dienone is 1. The molecule has 0 amide bonds. The summed E-state index contributed by atoms with van der Waals surface area (Å²) in [4.78, 5) is 11.4. The van der Waals surface area contributed by atoms with Gasteiger partial charge in [-0.2, -0.15) is 0 Å². The number of ether oxygens (including phenoxy) is 2. The topological polar surface area (TPSA) is 102 Å². The summed E-state index contributed by atoms with van der Waals surface area (Å²) in [5, 5.41) is 20.4. The van der Waals surface area contributed by atoms with Crippen LogP contribution in [0.25, 0.3) is 0 Å². The molecule has 1 aliphatic rings. The highest BCUT2D eigenvalue weighted by molar-refractivity contribution is 5.82. The summed E-state index contributed by atoms with van der Waals surface area (Å²) in [6, 6.07) is 0. The molecule has 1 saturated heterocycles. The van der Waals surface area contributed by atoms with Crippen LogP contribution in [0.4, 0.5) is 0 Å². The highest BCUT2D eigenvalue weighted by atomic mass is 16.5. The minimum atomic E-state index is -0.976. The highest BCUT2D eigenvalue weighted by Gasteiger charge is 2.37. The van der Waals surface area contributed by atoms with Gasteiger partial charge in [0.2, 0.25) is 0 Å². The zero-order valence-corrected chi connectivity index (χ0v) is 13.3. The van der Waals surface area contributed by atoms with Crippen molar-refractivity contribution in [3.05, 3.63) is 23.8 Å². The van der Waals surface area contributed by atoms with Crippen LogP contribution in [0.5, 0.6) is 0 Å². The summed E-state index contributed by atoms with van der Waals surface area (Å²) in [7, 11) is 0. The lowest BCUT2D eigenvalue weighted by atomic mass is 9.87. The lowest BCUT2D eigenvalue weighted by Gasteiger charge is -2.37. The van der Waals surface area contributed by atoms with E-state index in [4.69, 9.17) is 15.2 Å². The second-order valence-electron chi connectivity index (χ2n) is 5.50. The van der Waals surface area contributed by atoms with Crippen LogP contribution in [0.2, 0.25) is 0 Å². The lowest BCUT2D eigenvalue weighted by Crippen LogP contribution is -2.50. The molecule has 4 atom stereocenters. The third kappa shape index (κ3) is 5.88. The van der Waals surface area contributed by atoms with Gasteiger partial charge in [-0.25, -0.2) is 4.79 Å². The number of aliphatic hydroxyl groups is 2. The summed E-state index contributed by atoms with van der Waals surface area (Å²) >= 11 is 0. The first-order valence-corrected chi connectivity index (χ1v) is 7.66. The molecule has 0 spiro atoms. The van der Waals surface area contributed by atoms with Gasteiger partial charge in [-0.15, -0.1) is 0 Å². The van der Waals surface area contributed by atoms with E-state index in [-0.39, 0.29) is 5.92 Å². The Morgan fingerprint density at radius 1 is 1.36 bits per heavy atom. The van der Waals surface area contributed by atoms with Crippen molar-refractivity contribution in [2.75, 3.05) is 19.8 Å². The fourth-order valence-electron chi connectivity index (χ4n) is 2.46. The molecule has 126 valence electrons. The fourth-order valence-corrected chi connectivity index (χ4v) is 2.46. The molecular weight excluding hydrogens is 286 g/mol. The molecule has 6 heteroatoms. The Kier molecular flexibility index (Phi) is 8.34. The molecule has 0 aliphatic carbocycles. The summed E-state index contributed by atoms with van der Waals surface area (Å²) in [5.41, 5.74) is 6.12. The summed E-state index contributed by atoms with van der Waals surface area (Å²) in [5.74, 6) is -0.556. The van der Waals surface area contributed by atoms with Crippen LogP contribution in [0.15, 0.2) is 23.8 Å². The van der Waals surface area contributed by atoms with E-state index in [1.807, 2.05) is 12.2 Å². The molecule has 0 bridgehead atoms. The molecule has 0 aromatic carbocycles. The zero-order chi connectivity index (χ0) is 16.5. The van der Waals surface area contributed by atoms with Crippen LogP contribution < -0.4 is 5.73 Å². The third-order valence-electron chi connectivity index (χ3n) is 3.65. The normalized spacial score (nSPS) is 29.8. The second kappa shape index (κ2) is 9.74. The Morgan fingerprint density at radius 3 is 2.73 bits per heavy atom. The maximum atomic E-state index is 11.4. The molecule has 0 saturated carbocycles. The summed E-state index contributed by atoms with van der Waals surface area (Å²) in [6.07, 6.45) is 3.74. The molecule has 0 radical (unpaired) electrons.